The van der Waals surface area contributed by atoms with E-state index in [1.54, 1.807) is 0 Å². The molecule has 0 unspecified atom stereocenters. The van der Waals surface area contributed by atoms with Crippen LogP contribution >= 0.6 is 0 Å². The van der Waals surface area contributed by atoms with Gasteiger partial charge in [0.1, 0.15) is 5.78 Å². The first-order valence-corrected chi connectivity index (χ1v) is 5.37. The Morgan fingerprint density at radius 2 is 1.79 bits per heavy atom. The molecular formula is C11H19NO2. The van der Waals surface area contributed by atoms with Crippen LogP contribution in [0.2, 0.25) is 0 Å². The molecule has 1 fully saturated rings. The fraction of sp³-hybridized carbons (Fsp3) is 0.818. The van der Waals surface area contributed by atoms with E-state index in [0.717, 1.165) is 31.8 Å². The van der Waals surface area contributed by atoms with Crippen LogP contribution in [0.5, 0.6) is 0 Å². The van der Waals surface area contributed by atoms with E-state index in [-0.39, 0.29) is 11.7 Å². The molecule has 0 aromatic carbocycles. The van der Waals surface area contributed by atoms with Gasteiger partial charge in [0.15, 0.2) is 0 Å². The third-order valence-electron chi connectivity index (χ3n) is 2.83. The minimum atomic E-state index is 0.101. The lowest BCUT2D eigenvalue weighted by Gasteiger charge is -2.30. The number of hydrogen-bond acceptors (Lipinski definition) is 2. The highest BCUT2D eigenvalue weighted by molar-refractivity contribution is 5.83. The number of carbonyl (C=O) groups excluding carboxylic acids is 2. The third-order valence-corrected chi connectivity index (χ3v) is 2.83. The predicted octanol–water partition coefficient (Wildman–Crippen LogP) is 1.61. The molecule has 1 aliphatic heterocycles. The Labute approximate surface area is 85.5 Å². The van der Waals surface area contributed by atoms with E-state index in [1.165, 1.54) is 6.92 Å². The first-order valence-electron chi connectivity index (χ1n) is 5.37. The zero-order chi connectivity index (χ0) is 10.6. The summed E-state index contributed by atoms with van der Waals surface area (Å²) in [6.07, 6.45) is 2.99. The van der Waals surface area contributed by atoms with Gasteiger partial charge in [-0.2, -0.15) is 0 Å². The van der Waals surface area contributed by atoms with Crippen molar-refractivity contribution >= 4 is 11.7 Å². The fourth-order valence-corrected chi connectivity index (χ4v) is 1.70. The van der Waals surface area contributed by atoms with Crippen LogP contribution in [0.15, 0.2) is 0 Å². The van der Waals surface area contributed by atoms with Gasteiger partial charge in [0.2, 0.25) is 5.91 Å². The molecule has 80 valence electrons. The number of amides is 1. The average molecular weight is 197 g/mol. The normalized spacial score (nSPS) is 18.3. The van der Waals surface area contributed by atoms with Crippen molar-refractivity contribution in [1.82, 2.24) is 4.90 Å². The number of Topliss-reactive ketones (excluding diaryl/α,β-unsaturated/α-hetero) is 1. The molecule has 3 heteroatoms. The van der Waals surface area contributed by atoms with E-state index in [1.807, 2.05) is 4.90 Å². The van der Waals surface area contributed by atoms with Crippen LogP contribution < -0.4 is 0 Å². The lowest BCUT2D eigenvalue weighted by atomic mass is 9.99. The Morgan fingerprint density at radius 1 is 1.21 bits per heavy atom. The molecule has 14 heavy (non-hydrogen) atoms. The maximum atomic E-state index is 11.6. The fourth-order valence-electron chi connectivity index (χ4n) is 1.70. The SMILES string of the molecule is CC(=O)CCC(=O)N1CCC(C)CC1. The van der Waals surface area contributed by atoms with E-state index in [0.29, 0.717) is 12.8 Å². The molecule has 0 atom stereocenters. The topological polar surface area (TPSA) is 37.4 Å². The lowest BCUT2D eigenvalue weighted by molar-refractivity contribution is -0.134. The molecule has 1 aliphatic rings. The second-order valence-electron chi connectivity index (χ2n) is 4.27. The highest BCUT2D eigenvalue weighted by Crippen LogP contribution is 2.16. The second kappa shape index (κ2) is 5.13. The van der Waals surface area contributed by atoms with E-state index in [4.69, 9.17) is 0 Å². The van der Waals surface area contributed by atoms with E-state index >= 15 is 0 Å². The summed E-state index contributed by atoms with van der Waals surface area (Å²) in [5.41, 5.74) is 0. The van der Waals surface area contributed by atoms with Gasteiger partial charge < -0.3 is 9.69 Å². The van der Waals surface area contributed by atoms with Gasteiger partial charge in [-0.15, -0.1) is 0 Å². The van der Waals surface area contributed by atoms with Crippen molar-refractivity contribution in [2.75, 3.05) is 13.1 Å². The molecule has 0 aliphatic carbocycles. The van der Waals surface area contributed by atoms with Crippen LogP contribution in [0.3, 0.4) is 0 Å². The quantitative estimate of drug-likeness (QED) is 0.689. The zero-order valence-corrected chi connectivity index (χ0v) is 9.08. The van der Waals surface area contributed by atoms with Crippen molar-refractivity contribution in [1.29, 1.82) is 0 Å². The molecule has 0 saturated carbocycles. The summed E-state index contributed by atoms with van der Waals surface area (Å²) in [5.74, 6) is 0.989. The Hall–Kier alpha value is -0.860. The molecule has 1 heterocycles. The highest BCUT2D eigenvalue weighted by Gasteiger charge is 2.19. The standard InChI is InChI=1S/C11H19NO2/c1-9-5-7-12(8-6-9)11(14)4-3-10(2)13/h9H,3-8H2,1-2H3. The van der Waals surface area contributed by atoms with E-state index < -0.39 is 0 Å². The van der Waals surface area contributed by atoms with Gasteiger partial charge in [0.25, 0.3) is 0 Å². The van der Waals surface area contributed by atoms with E-state index in [9.17, 15) is 9.59 Å². The number of rotatable bonds is 3. The first kappa shape index (κ1) is 11.2. The zero-order valence-electron chi connectivity index (χ0n) is 9.08. The lowest BCUT2D eigenvalue weighted by Crippen LogP contribution is -2.37. The molecule has 1 saturated heterocycles. The number of carbonyl (C=O) groups is 2. The average Bonchev–Trinajstić information content (AvgIpc) is 2.15. The largest absolute Gasteiger partial charge is 0.343 e. The first-order chi connectivity index (χ1) is 6.59. The van der Waals surface area contributed by atoms with Crippen molar-refractivity contribution in [3.8, 4) is 0 Å². The molecule has 0 aromatic rings. The minimum Gasteiger partial charge on any atom is -0.343 e. The van der Waals surface area contributed by atoms with Gasteiger partial charge in [-0.3, -0.25) is 4.79 Å². The number of ketones is 1. The Kier molecular flexibility index (Phi) is 4.11. The second-order valence-corrected chi connectivity index (χ2v) is 4.27. The van der Waals surface area contributed by atoms with Crippen LogP contribution in [-0.2, 0) is 9.59 Å². The maximum absolute atomic E-state index is 11.6. The number of hydrogen-bond donors (Lipinski definition) is 0. The van der Waals surface area contributed by atoms with Crippen LogP contribution in [0.1, 0.15) is 39.5 Å². The van der Waals surface area contributed by atoms with Gasteiger partial charge in [0, 0.05) is 25.9 Å². The molecule has 1 rings (SSSR count). The highest BCUT2D eigenvalue weighted by atomic mass is 16.2. The van der Waals surface area contributed by atoms with Crippen molar-refractivity contribution in [3.63, 3.8) is 0 Å². The Morgan fingerprint density at radius 3 is 2.29 bits per heavy atom. The van der Waals surface area contributed by atoms with Gasteiger partial charge >= 0.3 is 0 Å². The molecule has 0 spiro atoms. The molecule has 0 radical (unpaired) electrons. The van der Waals surface area contributed by atoms with Gasteiger partial charge in [0.05, 0.1) is 0 Å². The summed E-state index contributed by atoms with van der Waals surface area (Å²) in [4.78, 5) is 24.2. The van der Waals surface area contributed by atoms with Crippen molar-refractivity contribution in [3.05, 3.63) is 0 Å². The molecule has 1 amide bonds. The van der Waals surface area contributed by atoms with Gasteiger partial charge in [-0.25, -0.2) is 0 Å². The summed E-state index contributed by atoms with van der Waals surface area (Å²) in [6.45, 7) is 5.50. The van der Waals surface area contributed by atoms with Gasteiger partial charge in [-0.1, -0.05) is 6.92 Å². The molecular weight excluding hydrogens is 178 g/mol. The maximum Gasteiger partial charge on any atom is 0.223 e. The Balaban J connectivity index is 2.27. The number of nitrogens with zero attached hydrogens (tertiary/aromatic N) is 1. The predicted molar refractivity (Wildman–Crippen MR) is 54.9 cm³/mol. The minimum absolute atomic E-state index is 0.101. The Bertz CT molecular complexity index is 217. The summed E-state index contributed by atoms with van der Waals surface area (Å²) in [6, 6.07) is 0. The van der Waals surface area contributed by atoms with Crippen LogP contribution in [0, 0.1) is 5.92 Å². The smallest absolute Gasteiger partial charge is 0.223 e. The molecule has 0 bridgehead atoms. The summed E-state index contributed by atoms with van der Waals surface area (Å²) >= 11 is 0. The summed E-state index contributed by atoms with van der Waals surface area (Å²) < 4.78 is 0. The van der Waals surface area contributed by atoms with Crippen molar-refractivity contribution in [2.45, 2.75) is 39.5 Å². The molecule has 0 N–H and O–H groups in total. The van der Waals surface area contributed by atoms with Crippen molar-refractivity contribution in [2.24, 2.45) is 5.92 Å². The molecule has 0 aromatic heterocycles. The van der Waals surface area contributed by atoms with Crippen LogP contribution in [0.25, 0.3) is 0 Å². The summed E-state index contributed by atoms with van der Waals surface area (Å²) in [5, 5.41) is 0. The van der Waals surface area contributed by atoms with Crippen LogP contribution in [0.4, 0.5) is 0 Å². The van der Waals surface area contributed by atoms with Gasteiger partial charge in [-0.05, 0) is 25.7 Å². The third kappa shape index (κ3) is 3.48. The summed E-state index contributed by atoms with van der Waals surface area (Å²) in [7, 11) is 0. The van der Waals surface area contributed by atoms with Crippen molar-refractivity contribution < 1.29 is 9.59 Å². The van der Waals surface area contributed by atoms with Crippen LogP contribution in [-0.4, -0.2) is 29.7 Å². The number of piperidine rings is 1. The van der Waals surface area contributed by atoms with E-state index in [2.05, 4.69) is 6.92 Å². The molecule has 3 nitrogen and oxygen atoms in total. The number of likely N-dealkylation sites (tertiary alicyclic amines) is 1. The monoisotopic (exact) mass is 197 g/mol.